The molecule has 1 aliphatic rings. The van der Waals surface area contributed by atoms with Gasteiger partial charge in [0.1, 0.15) is 5.82 Å². The lowest BCUT2D eigenvalue weighted by atomic mass is 10.2. The zero-order valence-electron chi connectivity index (χ0n) is 20.1. The van der Waals surface area contributed by atoms with E-state index in [-0.39, 0.29) is 0 Å². The lowest BCUT2D eigenvalue weighted by Crippen LogP contribution is -2.49. The zero-order chi connectivity index (χ0) is 24.3. The van der Waals surface area contributed by atoms with E-state index in [1.165, 1.54) is 10.6 Å². The van der Waals surface area contributed by atoms with Crippen LogP contribution in [0.2, 0.25) is 0 Å². The molecule has 1 saturated heterocycles. The molecule has 34 heavy (non-hydrogen) atoms. The Balaban J connectivity index is 1.58. The standard InChI is InChI=1S/C23H32N8O2S/c1-5-29(6-2)22-15-21(25-23(26-22)30-11-13-31(14-12-30)34(4,32)33)27-24-16-18-17-28(3)20-10-8-7-9-19(18)20/h7-10,15-17H,5-6,11-14H2,1-4H3,(H,25,26,27)/b24-16+. The second-order valence-corrected chi connectivity index (χ2v) is 10.3. The van der Waals surface area contributed by atoms with Crippen molar-refractivity contribution in [3.63, 3.8) is 0 Å². The molecule has 10 nitrogen and oxygen atoms in total. The number of fused-ring (bicyclic) bond motifs is 1. The largest absolute Gasteiger partial charge is 0.357 e. The second-order valence-electron chi connectivity index (χ2n) is 8.32. The summed E-state index contributed by atoms with van der Waals surface area (Å²) >= 11 is 0. The Bertz CT molecular complexity index is 1280. The molecular formula is C23H32N8O2S. The Morgan fingerprint density at radius 1 is 1.12 bits per heavy atom. The zero-order valence-corrected chi connectivity index (χ0v) is 21.0. The summed E-state index contributed by atoms with van der Waals surface area (Å²) in [7, 11) is -1.18. The van der Waals surface area contributed by atoms with E-state index in [2.05, 4.69) is 51.0 Å². The molecule has 3 aromatic rings. The van der Waals surface area contributed by atoms with Gasteiger partial charge in [0.2, 0.25) is 16.0 Å². The molecule has 0 atom stereocenters. The molecule has 4 rings (SSSR count). The Morgan fingerprint density at radius 2 is 1.82 bits per heavy atom. The first-order chi connectivity index (χ1) is 16.3. The van der Waals surface area contributed by atoms with E-state index in [4.69, 9.17) is 4.98 Å². The van der Waals surface area contributed by atoms with Gasteiger partial charge in [-0.2, -0.15) is 19.4 Å². The number of para-hydroxylation sites is 1. The smallest absolute Gasteiger partial charge is 0.229 e. The third kappa shape index (κ3) is 5.15. The maximum Gasteiger partial charge on any atom is 0.229 e. The maximum atomic E-state index is 11.9. The lowest BCUT2D eigenvalue weighted by Gasteiger charge is -2.33. The number of nitrogens with zero attached hydrogens (tertiary/aromatic N) is 7. The number of hydrogen-bond acceptors (Lipinski definition) is 8. The second kappa shape index (κ2) is 9.98. The van der Waals surface area contributed by atoms with Crippen LogP contribution in [0.15, 0.2) is 41.6 Å². The predicted molar refractivity (Wildman–Crippen MR) is 138 cm³/mol. The highest BCUT2D eigenvalue weighted by atomic mass is 32.2. The van der Waals surface area contributed by atoms with Crippen molar-refractivity contribution >= 4 is 44.7 Å². The molecule has 3 heterocycles. The monoisotopic (exact) mass is 484 g/mol. The number of aryl methyl sites for hydroxylation is 1. The van der Waals surface area contributed by atoms with Gasteiger partial charge in [-0.25, -0.2) is 8.42 Å². The van der Waals surface area contributed by atoms with Gasteiger partial charge >= 0.3 is 0 Å². The highest BCUT2D eigenvalue weighted by molar-refractivity contribution is 7.88. The minimum absolute atomic E-state index is 0.416. The molecule has 1 N–H and O–H groups in total. The fourth-order valence-corrected chi connectivity index (χ4v) is 5.02. The van der Waals surface area contributed by atoms with Crippen LogP contribution in [0.5, 0.6) is 0 Å². The number of aromatic nitrogens is 3. The van der Waals surface area contributed by atoms with Crippen LogP contribution < -0.4 is 15.2 Å². The van der Waals surface area contributed by atoms with E-state index in [0.29, 0.717) is 37.9 Å². The first kappa shape index (κ1) is 24.0. The summed E-state index contributed by atoms with van der Waals surface area (Å²) in [4.78, 5) is 13.6. The SMILES string of the molecule is CCN(CC)c1cc(N/N=C/c2cn(C)c3ccccc23)nc(N2CCN(S(C)(=O)=O)CC2)n1. The molecule has 0 amide bonds. The predicted octanol–water partition coefficient (Wildman–Crippen LogP) is 2.34. The van der Waals surface area contributed by atoms with Gasteiger partial charge in [-0.1, -0.05) is 18.2 Å². The number of hydrogen-bond donors (Lipinski definition) is 1. The summed E-state index contributed by atoms with van der Waals surface area (Å²) in [6.07, 6.45) is 5.09. The normalized spacial score (nSPS) is 15.4. The third-order valence-electron chi connectivity index (χ3n) is 6.09. The average Bonchev–Trinajstić information content (AvgIpc) is 3.15. The van der Waals surface area contributed by atoms with E-state index in [0.717, 1.165) is 35.4 Å². The highest BCUT2D eigenvalue weighted by Gasteiger charge is 2.25. The summed E-state index contributed by atoms with van der Waals surface area (Å²) in [5.74, 6) is 1.97. The molecule has 0 spiro atoms. The molecule has 11 heteroatoms. The van der Waals surface area contributed by atoms with Crippen LogP contribution in [0.4, 0.5) is 17.6 Å². The molecule has 1 aromatic carbocycles. The Morgan fingerprint density at radius 3 is 2.50 bits per heavy atom. The van der Waals surface area contributed by atoms with Crippen LogP contribution in [0.3, 0.4) is 0 Å². The Labute approximate surface area is 200 Å². The van der Waals surface area contributed by atoms with Crippen molar-refractivity contribution in [3.8, 4) is 0 Å². The molecule has 0 radical (unpaired) electrons. The number of anilines is 3. The van der Waals surface area contributed by atoms with Crippen LogP contribution in [0.1, 0.15) is 19.4 Å². The van der Waals surface area contributed by atoms with Gasteiger partial charge < -0.3 is 14.4 Å². The molecule has 0 unspecified atom stereocenters. The van der Waals surface area contributed by atoms with Crippen molar-refractivity contribution in [2.75, 3.05) is 60.7 Å². The van der Waals surface area contributed by atoms with E-state index in [1.807, 2.05) is 36.3 Å². The summed E-state index contributed by atoms with van der Waals surface area (Å²) < 4.78 is 27.3. The van der Waals surface area contributed by atoms with Crippen molar-refractivity contribution in [2.45, 2.75) is 13.8 Å². The van der Waals surface area contributed by atoms with Crippen LogP contribution >= 0.6 is 0 Å². The van der Waals surface area contributed by atoms with E-state index >= 15 is 0 Å². The van der Waals surface area contributed by atoms with Gasteiger partial charge in [0.05, 0.1) is 12.5 Å². The number of piperazine rings is 1. The fraction of sp³-hybridized carbons (Fsp3) is 0.435. The lowest BCUT2D eigenvalue weighted by molar-refractivity contribution is 0.385. The van der Waals surface area contributed by atoms with Crippen LogP contribution in [0, 0.1) is 0 Å². The van der Waals surface area contributed by atoms with E-state index in [9.17, 15) is 8.42 Å². The number of benzene rings is 1. The Kier molecular flexibility index (Phi) is 7.03. The van der Waals surface area contributed by atoms with Crippen molar-refractivity contribution in [2.24, 2.45) is 12.1 Å². The maximum absolute atomic E-state index is 11.9. The molecule has 0 bridgehead atoms. The quantitative estimate of drug-likeness (QED) is 0.387. The Hall–Kier alpha value is -3.18. The van der Waals surface area contributed by atoms with Crippen molar-refractivity contribution in [1.29, 1.82) is 0 Å². The topological polar surface area (TPSA) is 99.0 Å². The van der Waals surface area contributed by atoms with Crippen LogP contribution in [-0.2, 0) is 17.1 Å². The summed E-state index contributed by atoms with van der Waals surface area (Å²) in [5, 5.41) is 5.59. The molecule has 1 aliphatic heterocycles. The molecule has 0 saturated carbocycles. The minimum Gasteiger partial charge on any atom is -0.357 e. The molecule has 2 aromatic heterocycles. The molecule has 0 aliphatic carbocycles. The summed E-state index contributed by atoms with van der Waals surface area (Å²) in [5.41, 5.74) is 5.23. The van der Waals surface area contributed by atoms with E-state index in [1.54, 1.807) is 6.21 Å². The van der Waals surface area contributed by atoms with Gasteiger partial charge in [0.15, 0.2) is 5.82 Å². The number of sulfonamides is 1. The highest BCUT2D eigenvalue weighted by Crippen LogP contribution is 2.23. The van der Waals surface area contributed by atoms with Crippen molar-refractivity contribution in [1.82, 2.24) is 18.8 Å². The first-order valence-corrected chi connectivity index (χ1v) is 13.3. The number of hydrazone groups is 1. The van der Waals surface area contributed by atoms with Crippen LogP contribution in [0.25, 0.3) is 10.9 Å². The average molecular weight is 485 g/mol. The molecule has 1 fully saturated rings. The van der Waals surface area contributed by atoms with Gasteiger partial charge in [-0.05, 0) is 19.9 Å². The number of nitrogens with one attached hydrogen (secondary N) is 1. The van der Waals surface area contributed by atoms with Gasteiger partial charge in [0.25, 0.3) is 0 Å². The summed E-state index contributed by atoms with van der Waals surface area (Å²) in [6, 6.07) is 10.1. The van der Waals surface area contributed by atoms with E-state index < -0.39 is 10.0 Å². The van der Waals surface area contributed by atoms with Gasteiger partial charge in [-0.15, -0.1) is 0 Å². The minimum atomic E-state index is -3.20. The van der Waals surface area contributed by atoms with Crippen molar-refractivity contribution in [3.05, 3.63) is 42.1 Å². The fourth-order valence-electron chi connectivity index (χ4n) is 4.19. The first-order valence-electron chi connectivity index (χ1n) is 11.5. The van der Waals surface area contributed by atoms with Crippen molar-refractivity contribution < 1.29 is 8.42 Å². The van der Waals surface area contributed by atoms with Gasteiger partial charge in [-0.3, -0.25) is 5.43 Å². The van der Waals surface area contributed by atoms with Gasteiger partial charge in [0, 0.05) is 75.0 Å². The summed E-state index contributed by atoms with van der Waals surface area (Å²) in [6.45, 7) is 7.70. The van der Waals surface area contributed by atoms with Crippen LogP contribution in [-0.4, -0.2) is 79.0 Å². The number of rotatable bonds is 8. The third-order valence-corrected chi connectivity index (χ3v) is 7.39. The molecular weight excluding hydrogens is 452 g/mol. The molecule has 182 valence electrons.